The first-order valence-electron chi connectivity index (χ1n) is 9.11. The van der Waals surface area contributed by atoms with Crippen LogP contribution in [-0.4, -0.2) is 39.2 Å². The second-order valence-corrected chi connectivity index (χ2v) is 6.02. The molecular formula is C21H26N2O5. The summed E-state index contributed by atoms with van der Waals surface area (Å²) in [5, 5.41) is 5.88. The highest BCUT2D eigenvalue weighted by atomic mass is 16.5. The lowest BCUT2D eigenvalue weighted by Gasteiger charge is -2.13. The SMILES string of the molecule is CCCCNc1ccccc1C(=O)OCC(=O)Nc1ccc(OC)cc1OC. The second kappa shape index (κ2) is 10.8. The topological polar surface area (TPSA) is 85.9 Å². The summed E-state index contributed by atoms with van der Waals surface area (Å²) in [6.45, 7) is 2.45. The number of benzene rings is 2. The van der Waals surface area contributed by atoms with Gasteiger partial charge in [-0.1, -0.05) is 25.5 Å². The predicted molar refractivity (Wildman–Crippen MR) is 108 cm³/mol. The molecule has 7 nitrogen and oxygen atoms in total. The van der Waals surface area contributed by atoms with Gasteiger partial charge in [-0.25, -0.2) is 4.79 Å². The van der Waals surface area contributed by atoms with Crippen LogP contribution in [0.1, 0.15) is 30.1 Å². The number of hydrogen-bond donors (Lipinski definition) is 2. The van der Waals surface area contributed by atoms with Gasteiger partial charge in [0.25, 0.3) is 5.91 Å². The van der Waals surface area contributed by atoms with E-state index in [1.54, 1.807) is 37.4 Å². The van der Waals surface area contributed by atoms with Crippen LogP contribution in [0.25, 0.3) is 0 Å². The van der Waals surface area contributed by atoms with Crippen LogP contribution in [0.3, 0.4) is 0 Å². The molecule has 0 unspecified atom stereocenters. The maximum atomic E-state index is 12.4. The molecule has 2 N–H and O–H groups in total. The zero-order valence-corrected chi connectivity index (χ0v) is 16.4. The van der Waals surface area contributed by atoms with Crippen LogP contribution in [-0.2, 0) is 9.53 Å². The maximum absolute atomic E-state index is 12.4. The third-order valence-corrected chi connectivity index (χ3v) is 4.01. The zero-order valence-electron chi connectivity index (χ0n) is 16.4. The van der Waals surface area contributed by atoms with Gasteiger partial charge >= 0.3 is 5.97 Å². The standard InChI is InChI=1S/C21H26N2O5/c1-4-5-12-22-17-9-7-6-8-16(17)21(25)28-14-20(24)23-18-11-10-15(26-2)13-19(18)27-3/h6-11,13,22H,4-5,12,14H2,1-3H3,(H,23,24). The Morgan fingerprint density at radius 2 is 1.79 bits per heavy atom. The fourth-order valence-electron chi connectivity index (χ4n) is 2.51. The average Bonchev–Trinajstić information content (AvgIpc) is 2.72. The predicted octanol–water partition coefficient (Wildman–Crippen LogP) is 3.71. The maximum Gasteiger partial charge on any atom is 0.340 e. The highest BCUT2D eigenvalue weighted by molar-refractivity contribution is 5.99. The summed E-state index contributed by atoms with van der Waals surface area (Å²) in [6, 6.07) is 12.1. The summed E-state index contributed by atoms with van der Waals surface area (Å²) >= 11 is 0. The molecule has 0 heterocycles. The second-order valence-electron chi connectivity index (χ2n) is 6.02. The molecule has 2 rings (SSSR count). The van der Waals surface area contributed by atoms with Gasteiger partial charge in [0, 0.05) is 18.3 Å². The highest BCUT2D eigenvalue weighted by Crippen LogP contribution is 2.29. The Labute approximate surface area is 165 Å². The molecule has 0 saturated heterocycles. The number of carbonyl (C=O) groups excluding carboxylic acids is 2. The molecule has 0 aliphatic heterocycles. The largest absolute Gasteiger partial charge is 0.497 e. The molecule has 0 spiro atoms. The minimum atomic E-state index is -0.559. The fraction of sp³-hybridized carbons (Fsp3) is 0.333. The molecule has 0 saturated carbocycles. The third-order valence-electron chi connectivity index (χ3n) is 4.01. The van der Waals surface area contributed by atoms with Crippen molar-refractivity contribution in [1.29, 1.82) is 0 Å². The molecule has 150 valence electrons. The van der Waals surface area contributed by atoms with Crippen molar-refractivity contribution in [2.24, 2.45) is 0 Å². The molecule has 0 aliphatic rings. The summed E-state index contributed by atoms with van der Waals surface area (Å²) < 4.78 is 15.5. The van der Waals surface area contributed by atoms with Crippen LogP contribution in [0.15, 0.2) is 42.5 Å². The quantitative estimate of drug-likeness (QED) is 0.478. The number of para-hydroxylation sites is 1. The van der Waals surface area contributed by atoms with Crippen molar-refractivity contribution in [3.63, 3.8) is 0 Å². The molecule has 28 heavy (non-hydrogen) atoms. The van der Waals surface area contributed by atoms with Gasteiger partial charge in [0.2, 0.25) is 0 Å². The Kier molecular flexibility index (Phi) is 8.14. The van der Waals surface area contributed by atoms with Gasteiger partial charge in [-0.2, -0.15) is 0 Å². The number of amides is 1. The fourth-order valence-corrected chi connectivity index (χ4v) is 2.51. The first-order chi connectivity index (χ1) is 13.6. The molecule has 2 aromatic carbocycles. The smallest absolute Gasteiger partial charge is 0.340 e. The van der Waals surface area contributed by atoms with Gasteiger partial charge in [0.15, 0.2) is 6.61 Å². The molecule has 0 atom stereocenters. The summed E-state index contributed by atoms with van der Waals surface area (Å²) in [7, 11) is 3.04. The van der Waals surface area contributed by atoms with E-state index in [0.29, 0.717) is 28.4 Å². The van der Waals surface area contributed by atoms with Gasteiger partial charge in [-0.05, 0) is 30.7 Å². The number of esters is 1. The van der Waals surface area contributed by atoms with Gasteiger partial charge in [0.1, 0.15) is 11.5 Å². The van der Waals surface area contributed by atoms with Crippen molar-refractivity contribution in [1.82, 2.24) is 0 Å². The van der Waals surface area contributed by atoms with E-state index in [9.17, 15) is 9.59 Å². The van der Waals surface area contributed by atoms with Gasteiger partial charge in [0.05, 0.1) is 25.5 Å². The van der Waals surface area contributed by atoms with E-state index in [-0.39, 0.29) is 0 Å². The van der Waals surface area contributed by atoms with Crippen LogP contribution >= 0.6 is 0 Å². The number of rotatable bonds is 10. The minimum Gasteiger partial charge on any atom is -0.497 e. The molecular weight excluding hydrogens is 360 g/mol. The number of carbonyl (C=O) groups is 2. The average molecular weight is 386 g/mol. The van der Waals surface area contributed by atoms with Crippen molar-refractivity contribution in [2.45, 2.75) is 19.8 Å². The van der Waals surface area contributed by atoms with Crippen LogP contribution in [0, 0.1) is 0 Å². The van der Waals surface area contributed by atoms with Crippen LogP contribution in [0.2, 0.25) is 0 Å². The van der Waals surface area contributed by atoms with Crippen LogP contribution in [0.4, 0.5) is 11.4 Å². The van der Waals surface area contributed by atoms with Crippen LogP contribution < -0.4 is 20.1 Å². The normalized spacial score (nSPS) is 10.1. The summed E-state index contributed by atoms with van der Waals surface area (Å²) in [6.07, 6.45) is 2.05. The lowest BCUT2D eigenvalue weighted by Crippen LogP contribution is -2.21. The van der Waals surface area contributed by atoms with E-state index >= 15 is 0 Å². The monoisotopic (exact) mass is 386 g/mol. The number of ether oxygens (including phenoxy) is 3. The number of nitrogens with one attached hydrogen (secondary N) is 2. The third kappa shape index (κ3) is 5.90. The first-order valence-corrected chi connectivity index (χ1v) is 9.11. The molecule has 0 aliphatic carbocycles. The van der Waals surface area contributed by atoms with E-state index in [4.69, 9.17) is 14.2 Å². The van der Waals surface area contributed by atoms with E-state index in [0.717, 1.165) is 19.4 Å². The molecule has 0 radical (unpaired) electrons. The van der Waals surface area contributed by atoms with E-state index < -0.39 is 18.5 Å². The molecule has 0 aromatic heterocycles. The Balaban J connectivity index is 1.95. The minimum absolute atomic E-state index is 0.397. The van der Waals surface area contributed by atoms with Crippen molar-refractivity contribution in [2.75, 3.05) is 38.0 Å². The Morgan fingerprint density at radius 1 is 1.00 bits per heavy atom. The van der Waals surface area contributed by atoms with Crippen molar-refractivity contribution in [3.05, 3.63) is 48.0 Å². The van der Waals surface area contributed by atoms with Gasteiger partial charge < -0.3 is 24.8 Å². The first kappa shape index (κ1) is 21.1. The molecule has 2 aromatic rings. The van der Waals surface area contributed by atoms with Crippen molar-refractivity contribution >= 4 is 23.3 Å². The summed E-state index contributed by atoms with van der Waals surface area (Å²) in [5.74, 6) is 0.0302. The van der Waals surface area contributed by atoms with Crippen LogP contribution in [0.5, 0.6) is 11.5 Å². The molecule has 1 amide bonds. The number of anilines is 2. The van der Waals surface area contributed by atoms with Gasteiger partial charge in [-0.15, -0.1) is 0 Å². The van der Waals surface area contributed by atoms with Crippen molar-refractivity contribution in [3.8, 4) is 11.5 Å². The Hall–Kier alpha value is -3.22. The number of methoxy groups -OCH3 is 2. The van der Waals surface area contributed by atoms with Gasteiger partial charge in [-0.3, -0.25) is 4.79 Å². The van der Waals surface area contributed by atoms with E-state index in [1.165, 1.54) is 7.11 Å². The highest BCUT2D eigenvalue weighted by Gasteiger charge is 2.15. The van der Waals surface area contributed by atoms with E-state index in [2.05, 4.69) is 17.6 Å². The lowest BCUT2D eigenvalue weighted by molar-refractivity contribution is -0.119. The number of unbranched alkanes of at least 4 members (excludes halogenated alkanes) is 1. The number of hydrogen-bond acceptors (Lipinski definition) is 6. The van der Waals surface area contributed by atoms with E-state index in [1.807, 2.05) is 12.1 Å². The molecule has 0 fully saturated rings. The molecule has 7 heteroatoms. The van der Waals surface area contributed by atoms with Crippen molar-refractivity contribution < 1.29 is 23.8 Å². The summed E-state index contributed by atoms with van der Waals surface area (Å²) in [5.41, 5.74) is 1.55. The summed E-state index contributed by atoms with van der Waals surface area (Å²) in [4.78, 5) is 24.6. The lowest BCUT2D eigenvalue weighted by atomic mass is 10.1. The Bertz CT molecular complexity index is 807. The Morgan fingerprint density at radius 3 is 2.50 bits per heavy atom. The molecule has 0 bridgehead atoms. The zero-order chi connectivity index (χ0) is 20.4.